The van der Waals surface area contributed by atoms with E-state index < -0.39 is 75.7 Å². The predicted molar refractivity (Wildman–Crippen MR) is 157 cm³/mol. The van der Waals surface area contributed by atoms with Gasteiger partial charge in [-0.15, -0.1) is 0 Å². The normalized spacial score (nSPS) is 26.2. The molecule has 0 saturated heterocycles. The van der Waals surface area contributed by atoms with Crippen LogP contribution in [0, 0.1) is 0 Å². The average molecular weight is 641 g/mol. The van der Waals surface area contributed by atoms with Gasteiger partial charge < -0.3 is 39.9 Å². The van der Waals surface area contributed by atoms with Crippen LogP contribution in [-0.4, -0.2) is 98.3 Å². The van der Waals surface area contributed by atoms with Gasteiger partial charge in [-0.3, -0.25) is 18.6 Å². The molecule has 1 saturated carbocycles. The predicted octanol–water partition coefficient (Wildman–Crippen LogP) is 2.82. The second-order valence-corrected chi connectivity index (χ2v) is 12.4. The fourth-order valence-electron chi connectivity index (χ4n) is 4.46. The molecule has 6 N–H and O–H groups in total. The number of hydrogen-bond acceptors (Lipinski definition) is 12. The first-order valence-electron chi connectivity index (χ1n) is 15.5. The summed E-state index contributed by atoms with van der Waals surface area (Å²) in [6.07, 6.45) is 2.60. The van der Waals surface area contributed by atoms with E-state index in [-0.39, 0.29) is 12.8 Å². The summed E-state index contributed by atoms with van der Waals surface area (Å²) >= 11 is 0. The van der Waals surface area contributed by atoms with Crippen LogP contribution in [0.3, 0.4) is 0 Å². The molecule has 43 heavy (non-hydrogen) atoms. The van der Waals surface area contributed by atoms with Gasteiger partial charge in [0.2, 0.25) is 0 Å². The SMILES string of the molecule is CCC/C=C\CCCCCCCC(=O)OC(COC(=O)CCCCCC)COP(=O)(O)OC1C(O)C(O)C(O)C(O)C1O. The quantitative estimate of drug-likeness (QED) is 0.0411. The summed E-state index contributed by atoms with van der Waals surface area (Å²) in [5.74, 6) is -1.14. The molecule has 0 radical (unpaired) electrons. The van der Waals surface area contributed by atoms with Gasteiger partial charge in [0.15, 0.2) is 6.10 Å². The van der Waals surface area contributed by atoms with Crippen LogP contribution in [0.25, 0.3) is 0 Å². The van der Waals surface area contributed by atoms with Gasteiger partial charge >= 0.3 is 19.8 Å². The van der Waals surface area contributed by atoms with E-state index in [1.807, 2.05) is 6.92 Å². The number of aliphatic hydroxyl groups is 5. The molecule has 14 heteroatoms. The largest absolute Gasteiger partial charge is 0.472 e. The summed E-state index contributed by atoms with van der Waals surface area (Å²) in [5, 5.41) is 49.5. The first-order chi connectivity index (χ1) is 20.4. The summed E-state index contributed by atoms with van der Waals surface area (Å²) in [6.45, 7) is 3.00. The van der Waals surface area contributed by atoms with Gasteiger partial charge in [-0.2, -0.15) is 0 Å². The highest BCUT2D eigenvalue weighted by Gasteiger charge is 2.51. The maximum Gasteiger partial charge on any atom is 0.472 e. The third kappa shape index (κ3) is 16.5. The molecule has 6 unspecified atom stereocenters. The molecular weight excluding hydrogens is 587 g/mol. The number of esters is 2. The molecule has 0 aliphatic heterocycles. The van der Waals surface area contributed by atoms with Crippen molar-refractivity contribution in [3.8, 4) is 0 Å². The molecule has 252 valence electrons. The zero-order chi connectivity index (χ0) is 32.3. The number of phosphoric acid groups is 1. The highest BCUT2D eigenvalue weighted by molar-refractivity contribution is 7.47. The average Bonchev–Trinajstić information content (AvgIpc) is 2.97. The van der Waals surface area contributed by atoms with Crippen molar-refractivity contribution in [3.63, 3.8) is 0 Å². The van der Waals surface area contributed by atoms with Gasteiger partial charge in [-0.25, -0.2) is 4.57 Å². The Hall–Kier alpha value is -1.41. The van der Waals surface area contributed by atoms with Crippen LogP contribution in [0.15, 0.2) is 12.2 Å². The van der Waals surface area contributed by atoms with Gasteiger partial charge in [0.1, 0.15) is 43.2 Å². The Kier molecular flexibility index (Phi) is 20.4. The molecule has 0 spiro atoms. The Morgan fingerprint density at radius 3 is 1.86 bits per heavy atom. The lowest BCUT2D eigenvalue weighted by atomic mass is 9.85. The molecule has 0 aromatic carbocycles. The number of carbonyl (C=O) groups excluding carboxylic acids is 2. The molecule has 1 aliphatic carbocycles. The third-order valence-electron chi connectivity index (χ3n) is 7.09. The van der Waals surface area contributed by atoms with Crippen LogP contribution < -0.4 is 0 Å². The smallest absolute Gasteiger partial charge is 0.462 e. The molecule has 1 rings (SSSR count). The molecule has 0 heterocycles. The van der Waals surface area contributed by atoms with E-state index in [9.17, 15) is 44.6 Å². The highest BCUT2D eigenvalue weighted by atomic mass is 31.2. The Balaban J connectivity index is 2.63. The maximum absolute atomic E-state index is 12.6. The van der Waals surface area contributed by atoms with Gasteiger partial charge in [0.25, 0.3) is 0 Å². The lowest BCUT2D eigenvalue weighted by molar-refractivity contribution is -0.220. The molecule has 1 fully saturated rings. The summed E-state index contributed by atoms with van der Waals surface area (Å²) < 4.78 is 32.8. The van der Waals surface area contributed by atoms with Crippen molar-refractivity contribution in [1.82, 2.24) is 0 Å². The summed E-state index contributed by atoms with van der Waals surface area (Å²) in [7, 11) is -5.09. The van der Waals surface area contributed by atoms with E-state index in [0.29, 0.717) is 12.8 Å². The number of ether oxygens (including phenoxy) is 2. The molecule has 0 amide bonds. The number of aliphatic hydroxyl groups excluding tert-OH is 5. The molecule has 13 nitrogen and oxygen atoms in total. The minimum atomic E-state index is -5.09. The number of hydrogen-bond donors (Lipinski definition) is 6. The Bertz CT molecular complexity index is 838. The van der Waals surface area contributed by atoms with E-state index in [0.717, 1.165) is 64.2 Å². The van der Waals surface area contributed by atoms with Crippen molar-refractivity contribution in [2.24, 2.45) is 0 Å². The Labute approximate surface area is 254 Å². The van der Waals surface area contributed by atoms with E-state index >= 15 is 0 Å². The number of carbonyl (C=O) groups is 2. The van der Waals surface area contributed by atoms with Crippen LogP contribution >= 0.6 is 7.82 Å². The van der Waals surface area contributed by atoms with Crippen LogP contribution in [0.1, 0.15) is 104 Å². The monoisotopic (exact) mass is 640 g/mol. The van der Waals surface area contributed by atoms with Crippen LogP contribution in [-0.2, 0) is 32.7 Å². The van der Waals surface area contributed by atoms with Crippen LogP contribution in [0.2, 0.25) is 0 Å². The standard InChI is InChI=1S/C29H53O13P/c1-3-5-7-9-10-11-12-13-14-16-18-23(31)41-21(19-39-22(30)17-15-8-6-4-2)20-40-43(37,38)42-29-27(35)25(33)24(32)26(34)28(29)36/h7,9,21,24-29,32-36H,3-6,8,10-20H2,1-2H3,(H,37,38)/b9-7-. The fourth-order valence-corrected chi connectivity index (χ4v) is 5.43. The number of rotatable bonds is 23. The minimum Gasteiger partial charge on any atom is -0.462 e. The summed E-state index contributed by atoms with van der Waals surface area (Å²) in [5.41, 5.74) is 0. The zero-order valence-electron chi connectivity index (χ0n) is 25.5. The van der Waals surface area contributed by atoms with Crippen molar-refractivity contribution < 1.29 is 63.1 Å². The Morgan fingerprint density at radius 2 is 1.23 bits per heavy atom. The first kappa shape index (κ1) is 39.6. The minimum absolute atomic E-state index is 0.0870. The lowest BCUT2D eigenvalue weighted by Crippen LogP contribution is -2.64. The van der Waals surface area contributed by atoms with Crippen LogP contribution in [0.5, 0.6) is 0 Å². The van der Waals surface area contributed by atoms with Crippen molar-refractivity contribution in [3.05, 3.63) is 12.2 Å². The second-order valence-electron chi connectivity index (χ2n) is 11.0. The van der Waals surface area contributed by atoms with E-state index in [2.05, 4.69) is 19.1 Å². The van der Waals surface area contributed by atoms with Crippen molar-refractivity contribution in [2.75, 3.05) is 13.2 Å². The second kappa shape index (κ2) is 22.2. The van der Waals surface area contributed by atoms with Gasteiger partial charge in [-0.1, -0.05) is 70.9 Å². The lowest BCUT2D eigenvalue weighted by Gasteiger charge is -2.41. The van der Waals surface area contributed by atoms with Gasteiger partial charge in [0, 0.05) is 12.8 Å². The first-order valence-corrected chi connectivity index (χ1v) is 17.0. The molecular formula is C29H53O13P. The molecule has 6 atom stereocenters. The molecule has 0 aromatic rings. The summed E-state index contributed by atoms with van der Waals surface area (Å²) in [4.78, 5) is 34.8. The van der Waals surface area contributed by atoms with Crippen molar-refractivity contribution in [2.45, 2.75) is 146 Å². The Morgan fingerprint density at radius 1 is 0.698 bits per heavy atom. The zero-order valence-corrected chi connectivity index (χ0v) is 26.4. The van der Waals surface area contributed by atoms with Crippen molar-refractivity contribution in [1.29, 1.82) is 0 Å². The molecule has 0 bridgehead atoms. The van der Waals surface area contributed by atoms with Crippen LogP contribution in [0.4, 0.5) is 0 Å². The molecule has 0 aromatic heterocycles. The summed E-state index contributed by atoms with van der Waals surface area (Å²) in [6, 6.07) is 0. The van der Waals surface area contributed by atoms with E-state index in [4.69, 9.17) is 18.5 Å². The van der Waals surface area contributed by atoms with E-state index in [1.165, 1.54) is 0 Å². The van der Waals surface area contributed by atoms with Gasteiger partial charge in [-0.05, 0) is 32.1 Å². The van der Waals surface area contributed by atoms with Crippen molar-refractivity contribution >= 4 is 19.8 Å². The number of unbranched alkanes of at least 4 members (excludes halogenated alkanes) is 9. The number of phosphoric ester groups is 1. The topological polar surface area (TPSA) is 210 Å². The fraction of sp³-hybridized carbons (Fsp3) is 0.862. The number of allylic oxidation sites excluding steroid dienone is 2. The highest BCUT2D eigenvalue weighted by Crippen LogP contribution is 2.47. The van der Waals surface area contributed by atoms with E-state index in [1.54, 1.807) is 0 Å². The molecule has 1 aliphatic rings. The maximum atomic E-state index is 12.6. The third-order valence-corrected chi connectivity index (χ3v) is 8.07. The van der Waals surface area contributed by atoms with Gasteiger partial charge in [0.05, 0.1) is 6.61 Å².